The van der Waals surface area contributed by atoms with Crippen LogP contribution in [-0.2, 0) is 10.0 Å². The molecule has 1 heterocycles. The molecule has 0 aliphatic heterocycles. The van der Waals surface area contributed by atoms with E-state index in [1.165, 1.54) is 17.1 Å². The molecule has 16 heavy (non-hydrogen) atoms. The minimum absolute atomic E-state index is 0.0487. The Morgan fingerprint density at radius 3 is 2.56 bits per heavy atom. The van der Waals surface area contributed by atoms with Crippen LogP contribution in [0.4, 0.5) is 0 Å². The molecule has 5 nitrogen and oxygen atoms in total. The molecule has 0 saturated heterocycles. The number of nitrogens with two attached hydrogens (primary N) is 1. The molecule has 0 unspecified atom stereocenters. The van der Waals surface area contributed by atoms with Crippen molar-refractivity contribution in [3.05, 3.63) is 41.7 Å². The molecule has 0 spiro atoms. The molecule has 7 heteroatoms. The molecule has 0 fully saturated rings. The number of para-hydroxylation sites is 1. The standard InChI is InChI=1S/C9H8ClN3O2S/c10-8-3-1-2-4-9(8)13-6-7(5-12-13)16(11,14)15/h1-6H,(H2,11,14,15). The van der Waals surface area contributed by atoms with Crippen molar-refractivity contribution < 1.29 is 8.42 Å². The zero-order valence-corrected chi connectivity index (χ0v) is 9.61. The smallest absolute Gasteiger partial charge is 0.238 e. The van der Waals surface area contributed by atoms with E-state index < -0.39 is 10.0 Å². The van der Waals surface area contributed by atoms with Gasteiger partial charge in [-0.05, 0) is 12.1 Å². The Labute approximate surface area is 97.5 Å². The second-order valence-electron chi connectivity index (χ2n) is 3.12. The predicted octanol–water partition coefficient (Wildman–Crippen LogP) is 1.17. The van der Waals surface area contributed by atoms with Gasteiger partial charge in [-0.1, -0.05) is 23.7 Å². The Morgan fingerprint density at radius 1 is 1.31 bits per heavy atom. The van der Waals surface area contributed by atoms with Crippen molar-refractivity contribution in [2.75, 3.05) is 0 Å². The van der Waals surface area contributed by atoms with Gasteiger partial charge in [0, 0.05) is 0 Å². The van der Waals surface area contributed by atoms with E-state index in [2.05, 4.69) is 5.10 Å². The molecule has 1 aromatic carbocycles. The monoisotopic (exact) mass is 257 g/mol. The van der Waals surface area contributed by atoms with Crippen LogP contribution in [0.1, 0.15) is 0 Å². The topological polar surface area (TPSA) is 78.0 Å². The zero-order chi connectivity index (χ0) is 11.8. The van der Waals surface area contributed by atoms with Gasteiger partial charge in [-0.25, -0.2) is 18.2 Å². The fourth-order valence-corrected chi connectivity index (χ4v) is 1.89. The molecule has 0 amide bonds. The third-order valence-electron chi connectivity index (χ3n) is 1.99. The normalized spacial score (nSPS) is 11.6. The fraction of sp³-hybridized carbons (Fsp3) is 0. The maximum absolute atomic E-state index is 11.1. The molecule has 2 aromatic rings. The molecule has 2 N–H and O–H groups in total. The minimum atomic E-state index is -3.73. The maximum Gasteiger partial charge on any atom is 0.241 e. The van der Waals surface area contributed by atoms with E-state index in [0.29, 0.717) is 10.7 Å². The number of sulfonamides is 1. The number of benzene rings is 1. The van der Waals surface area contributed by atoms with E-state index in [4.69, 9.17) is 16.7 Å². The summed E-state index contributed by atoms with van der Waals surface area (Å²) in [6.45, 7) is 0. The lowest BCUT2D eigenvalue weighted by molar-refractivity contribution is 0.598. The van der Waals surface area contributed by atoms with E-state index in [0.717, 1.165) is 0 Å². The van der Waals surface area contributed by atoms with E-state index >= 15 is 0 Å². The number of halogens is 1. The summed E-state index contributed by atoms with van der Waals surface area (Å²) in [6, 6.07) is 6.97. The molecule has 0 aliphatic carbocycles. The van der Waals surface area contributed by atoms with Gasteiger partial charge >= 0.3 is 0 Å². The quantitative estimate of drug-likeness (QED) is 0.877. The molecular formula is C9H8ClN3O2S. The molecule has 0 aliphatic rings. The van der Waals surface area contributed by atoms with Gasteiger partial charge in [0.2, 0.25) is 10.0 Å². The van der Waals surface area contributed by atoms with Gasteiger partial charge in [0.15, 0.2) is 0 Å². The third-order valence-corrected chi connectivity index (χ3v) is 3.17. The second-order valence-corrected chi connectivity index (χ2v) is 5.09. The summed E-state index contributed by atoms with van der Waals surface area (Å²) in [4.78, 5) is -0.0487. The minimum Gasteiger partial charge on any atom is -0.238 e. The van der Waals surface area contributed by atoms with Crippen LogP contribution in [0.3, 0.4) is 0 Å². The highest BCUT2D eigenvalue weighted by Gasteiger charge is 2.12. The SMILES string of the molecule is NS(=O)(=O)c1cnn(-c2ccccc2Cl)c1. The molecule has 0 radical (unpaired) electrons. The summed E-state index contributed by atoms with van der Waals surface area (Å²) in [6.07, 6.45) is 2.50. The lowest BCUT2D eigenvalue weighted by Gasteiger charge is -2.02. The van der Waals surface area contributed by atoms with Crippen molar-refractivity contribution in [2.24, 2.45) is 5.14 Å². The lowest BCUT2D eigenvalue weighted by atomic mass is 10.3. The first-order valence-electron chi connectivity index (χ1n) is 4.31. The highest BCUT2D eigenvalue weighted by atomic mass is 35.5. The Hall–Kier alpha value is -1.37. The lowest BCUT2D eigenvalue weighted by Crippen LogP contribution is -2.11. The van der Waals surface area contributed by atoms with E-state index in [1.807, 2.05) is 0 Å². The fourth-order valence-electron chi connectivity index (χ4n) is 1.22. The van der Waals surface area contributed by atoms with E-state index in [-0.39, 0.29) is 4.90 Å². The Balaban J connectivity index is 2.52. The Morgan fingerprint density at radius 2 is 2.00 bits per heavy atom. The van der Waals surface area contributed by atoms with Crippen LogP contribution in [0.25, 0.3) is 5.69 Å². The summed E-state index contributed by atoms with van der Waals surface area (Å²) < 4.78 is 23.5. The number of nitrogens with zero attached hydrogens (tertiary/aromatic N) is 2. The highest BCUT2D eigenvalue weighted by Crippen LogP contribution is 2.19. The molecule has 1 aromatic heterocycles. The van der Waals surface area contributed by atoms with Crippen LogP contribution in [0.15, 0.2) is 41.6 Å². The van der Waals surface area contributed by atoms with Crippen molar-refractivity contribution in [3.63, 3.8) is 0 Å². The molecule has 2 rings (SSSR count). The predicted molar refractivity (Wildman–Crippen MR) is 59.9 cm³/mol. The van der Waals surface area contributed by atoms with Crippen LogP contribution in [-0.4, -0.2) is 18.2 Å². The Kier molecular flexibility index (Phi) is 2.71. The number of aromatic nitrogens is 2. The number of rotatable bonds is 2. The molecule has 0 saturated carbocycles. The van der Waals surface area contributed by atoms with Crippen LogP contribution >= 0.6 is 11.6 Å². The largest absolute Gasteiger partial charge is 0.241 e. The first-order chi connectivity index (χ1) is 7.48. The van der Waals surface area contributed by atoms with Crippen LogP contribution in [0.2, 0.25) is 5.02 Å². The highest BCUT2D eigenvalue weighted by molar-refractivity contribution is 7.89. The van der Waals surface area contributed by atoms with Gasteiger partial charge in [-0.15, -0.1) is 0 Å². The summed E-state index contributed by atoms with van der Waals surface area (Å²) in [5.41, 5.74) is 0.596. The van der Waals surface area contributed by atoms with Crippen molar-refractivity contribution >= 4 is 21.6 Å². The summed E-state index contributed by atoms with van der Waals surface area (Å²) >= 11 is 5.94. The molecule has 0 atom stereocenters. The molecular weight excluding hydrogens is 250 g/mol. The summed E-state index contributed by atoms with van der Waals surface area (Å²) in [5, 5.41) is 9.34. The Bertz CT molecular complexity index is 621. The molecule has 0 bridgehead atoms. The summed E-state index contributed by atoms with van der Waals surface area (Å²) in [5.74, 6) is 0. The average molecular weight is 258 g/mol. The number of primary sulfonamides is 1. The van der Waals surface area contributed by atoms with Gasteiger partial charge < -0.3 is 0 Å². The van der Waals surface area contributed by atoms with E-state index in [9.17, 15) is 8.42 Å². The van der Waals surface area contributed by atoms with Gasteiger partial charge in [-0.2, -0.15) is 5.10 Å². The van der Waals surface area contributed by atoms with Crippen LogP contribution < -0.4 is 5.14 Å². The average Bonchev–Trinajstić information content (AvgIpc) is 2.66. The van der Waals surface area contributed by atoms with Crippen molar-refractivity contribution in [1.82, 2.24) is 9.78 Å². The van der Waals surface area contributed by atoms with E-state index in [1.54, 1.807) is 24.3 Å². The van der Waals surface area contributed by atoms with Crippen molar-refractivity contribution in [2.45, 2.75) is 4.90 Å². The number of hydrogen-bond acceptors (Lipinski definition) is 3. The first-order valence-corrected chi connectivity index (χ1v) is 6.23. The molecule has 84 valence electrons. The second kappa shape index (κ2) is 3.89. The third kappa shape index (κ3) is 2.08. The van der Waals surface area contributed by atoms with Gasteiger partial charge in [0.05, 0.1) is 23.1 Å². The van der Waals surface area contributed by atoms with Crippen molar-refractivity contribution in [1.29, 1.82) is 0 Å². The van der Waals surface area contributed by atoms with Crippen LogP contribution in [0.5, 0.6) is 0 Å². The maximum atomic E-state index is 11.1. The zero-order valence-electron chi connectivity index (χ0n) is 8.04. The number of hydrogen-bond donors (Lipinski definition) is 1. The summed E-state index contributed by atoms with van der Waals surface area (Å²) in [7, 11) is -3.73. The van der Waals surface area contributed by atoms with Crippen LogP contribution in [0, 0.1) is 0 Å². The van der Waals surface area contributed by atoms with Gasteiger partial charge in [0.25, 0.3) is 0 Å². The first kappa shape index (κ1) is 11.1. The van der Waals surface area contributed by atoms with Gasteiger partial charge in [-0.3, -0.25) is 0 Å². The van der Waals surface area contributed by atoms with Crippen molar-refractivity contribution in [3.8, 4) is 5.69 Å². The van der Waals surface area contributed by atoms with Gasteiger partial charge in [0.1, 0.15) is 4.90 Å².